The van der Waals surface area contributed by atoms with Crippen LogP contribution in [0.4, 0.5) is 9.39 Å². The summed E-state index contributed by atoms with van der Waals surface area (Å²) in [4.78, 5) is 26.7. The van der Waals surface area contributed by atoms with Gasteiger partial charge in [-0.3, -0.25) is 4.79 Å². The van der Waals surface area contributed by atoms with Crippen LogP contribution < -0.4 is 5.32 Å². The molecule has 1 aromatic heterocycles. The van der Waals surface area contributed by atoms with E-state index in [-0.39, 0.29) is 11.7 Å². The average molecular weight is 408 g/mol. The lowest BCUT2D eigenvalue weighted by molar-refractivity contribution is -0.115. The minimum absolute atomic E-state index is 0.138. The third-order valence-electron chi connectivity index (χ3n) is 4.57. The van der Waals surface area contributed by atoms with Gasteiger partial charge in [0.05, 0.1) is 12.7 Å². The van der Waals surface area contributed by atoms with Gasteiger partial charge >= 0.3 is 5.97 Å². The van der Waals surface area contributed by atoms with E-state index >= 15 is 0 Å². The third-order valence-corrected chi connectivity index (χ3v) is 6.75. The van der Waals surface area contributed by atoms with E-state index in [9.17, 15) is 14.0 Å². The van der Waals surface area contributed by atoms with Gasteiger partial charge in [0.15, 0.2) is 0 Å². The number of methoxy groups -OCH3 is 1. The highest BCUT2D eigenvalue weighted by molar-refractivity contribution is 7.99. The van der Waals surface area contributed by atoms with Crippen molar-refractivity contribution in [1.82, 2.24) is 0 Å². The molecule has 0 saturated heterocycles. The smallest absolute Gasteiger partial charge is 0.341 e. The monoisotopic (exact) mass is 407 g/mol. The van der Waals surface area contributed by atoms with Crippen molar-refractivity contribution in [2.75, 3.05) is 18.2 Å². The molecule has 27 heavy (non-hydrogen) atoms. The molecule has 1 heterocycles. The van der Waals surface area contributed by atoms with Gasteiger partial charge < -0.3 is 10.1 Å². The summed E-state index contributed by atoms with van der Waals surface area (Å²) in [5.41, 5.74) is 1.55. The number of rotatable bonds is 6. The molecule has 144 valence electrons. The number of benzene rings is 1. The van der Waals surface area contributed by atoms with Crippen LogP contribution in [0.3, 0.4) is 0 Å². The van der Waals surface area contributed by atoms with Crippen molar-refractivity contribution in [2.45, 2.75) is 37.5 Å². The molecule has 0 aliphatic heterocycles. The topological polar surface area (TPSA) is 55.4 Å². The summed E-state index contributed by atoms with van der Waals surface area (Å²) in [7, 11) is 1.36. The SMILES string of the molecule is COC(=O)c1c(NC(=O)CCSc2ccc(F)cc2)sc2c1CCC(C)C2. The molecule has 0 fully saturated rings. The van der Waals surface area contributed by atoms with Crippen molar-refractivity contribution in [1.29, 1.82) is 0 Å². The Morgan fingerprint density at radius 2 is 2.07 bits per heavy atom. The van der Waals surface area contributed by atoms with E-state index in [4.69, 9.17) is 4.74 Å². The van der Waals surface area contributed by atoms with Crippen LogP contribution in [0, 0.1) is 11.7 Å². The molecule has 0 saturated carbocycles. The van der Waals surface area contributed by atoms with Crippen molar-refractivity contribution >= 4 is 40.0 Å². The standard InChI is InChI=1S/C20H22FNO3S2/c1-12-3-8-15-16(11-12)27-19(18(15)20(24)25-2)22-17(23)9-10-26-14-6-4-13(21)5-7-14/h4-7,12H,3,8-11H2,1-2H3,(H,22,23). The molecule has 1 amide bonds. The van der Waals surface area contributed by atoms with Crippen LogP contribution >= 0.6 is 23.1 Å². The molecule has 1 aliphatic carbocycles. The molecule has 2 aromatic rings. The summed E-state index contributed by atoms with van der Waals surface area (Å²) in [6, 6.07) is 6.20. The number of anilines is 1. The summed E-state index contributed by atoms with van der Waals surface area (Å²) in [5, 5.41) is 3.49. The molecular weight excluding hydrogens is 385 g/mol. The molecule has 0 bridgehead atoms. The fourth-order valence-corrected chi connectivity index (χ4v) is 5.41. The second kappa shape index (κ2) is 8.89. The van der Waals surface area contributed by atoms with E-state index in [2.05, 4.69) is 12.2 Å². The van der Waals surface area contributed by atoms with Gasteiger partial charge in [-0.05, 0) is 55.0 Å². The first-order valence-electron chi connectivity index (χ1n) is 8.89. The highest BCUT2D eigenvalue weighted by Gasteiger charge is 2.28. The largest absolute Gasteiger partial charge is 0.465 e. The molecule has 1 atom stereocenters. The summed E-state index contributed by atoms with van der Waals surface area (Å²) in [5.74, 6) is 0.354. The first-order chi connectivity index (χ1) is 13.0. The average Bonchev–Trinajstić information content (AvgIpc) is 2.99. The highest BCUT2D eigenvalue weighted by Crippen LogP contribution is 2.40. The van der Waals surface area contributed by atoms with Crippen LogP contribution in [0.5, 0.6) is 0 Å². The van der Waals surface area contributed by atoms with Gasteiger partial charge in [0, 0.05) is 21.9 Å². The van der Waals surface area contributed by atoms with Crippen LogP contribution in [0.15, 0.2) is 29.2 Å². The Balaban J connectivity index is 1.64. The molecular formula is C20H22FNO3S2. The van der Waals surface area contributed by atoms with Gasteiger partial charge in [-0.25, -0.2) is 9.18 Å². The van der Waals surface area contributed by atoms with E-state index in [1.807, 2.05) is 0 Å². The quantitative estimate of drug-likeness (QED) is 0.545. The Labute approximate surface area is 166 Å². The number of ether oxygens (including phenoxy) is 1. The maximum Gasteiger partial charge on any atom is 0.341 e. The molecule has 0 radical (unpaired) electrons. The zero-order chi connectivity index (χ0) is 19.4. The van der Waals surface area contributed by atoms with Crippen LogP contribution in [0.25, 0.3) is 0 Å². The number of thiophene rings is 1. The number of thioether (sulfide) groups is 1. The van der Waals surface area contributed by atoms with Crippen LogP contribution in [-0.2, 0) is 22.4 Å². The number of amides is 1. The number of carbonyl (C=O) groups excluding carboxylic acids is 2. The fraction of sp³-hybridized carbons (Fsp3) is 0.400. The van der Waals surface area contributed by atoms with E-state index in [1.54, 1.807) is 12.1 Å². The molecule has 3 rings (SSSR count). The molecule has 7 heteroatoms. The molecule has 1 unspecified atom stereocenters. The normalized spacial score (nSPS) is 15.9. The van der Waals surface area contributed by atoms with Crippen LogP contribution in [0.2, 0.25) is 0 Å². The maximum atomic E-state index is 12.9. The molecule has 0 spiro atoms. The van der Waals surface area contributed by atoms with Gasteiger partial charge in [0.2, 0.25) is 5.91 Å². The minimum Gasteiger partial charge on any atom is -0.465 e. The number of nitrogens with one attached hydrogen (secondary N) is 1. The summed E-state index contributed by atoms with van der Waals surface area (Å²) in [6.07, 6.45) is 3.12. The zero-order valence-electron chi connectivity index (χ0n) is 15.3. The fourth-order valence-electron chi connectivity index (χ4n) is 3.14. The molecule has 1 N–H and O–H groups in total. The number of hydrogen-bond acceptors (Lipinski definition) is 5. The predicted molar refractivity (Wildman–Crippen MR) is 107 cm³/mol. The van der Waals surface area contributed by atoms with Gasteiger partial charge in [0.25, 0.3) is 0 Å². The molecule has 4 nitrogen and oxygen atoms in total. The van der Waals surface area contributed by atoms with Gasteiger partial charge in [-0.1, -0.05) is 6.92 Å². The Morgan fingerprint density at radius 1 is 1.33 bits per heavy atom. The summed E-state index contributed by atoms with van der Waals surface area (Å²) >= 11 is 2.98. The first kappa shape index (κ1) is 19.9. The van der Waals surface area contributed by atoms with E-state index < -0.39 is 5.97 Å². The number of carbonyl (C=O) groups is 2. The van der Waals surface area contributed by atoms with Crippen LogP contribution in [-0.4, -0.2) is 24.7 Å². The van der Waals surface area contributed by atoms with Crippen LogP contribution in [0.1, 0.15) is 40.6 Å². The highest BCUT2D eigenvalue weighted by atomic mass is 32.2. The van der Waals surface area contributed by atoms with Crippen molar-refractivity contribution in [2.24, 2.45) is 5.92 Å². The lowest BCUT2D eigenvalue weighted by atomic mass is 9.88. The Bertz CT molecular complexity index is 832. The maximum absolute atomic E-state index is 12.9. The number of fused-ring (bicyclic) bond motifs is 1. The van der Waals surface area contributed by atoms with Crippen molar-refractivity contribution in [3.8, 4) is 0 Å². The lowest BCUT2D eigenvalue weighted by Gasteiger charge is -2.18. The number of halogens is 1. The van der Waals surface area contributed by atoms with Gasteiger partial charge in [0.1, 0.15) is 10.8 Å². The zero-order valence-corrected chi connectivity index (χ0v) is 17.0. The second-order valence-electron chi connectivity index (χ2n) is 6.65. The second-order valence-corrected chi connectivity index (χ2v) is 8.92. The minimum atomic E-state index is -0.391. The van der Waals surface area contributed by atoms with E-state index in [0.29, 0.717) is 28.7 Å². The number of hydrogen-bond donors (Lipinski definition) is 1. The summed E-state index contributed by atoms with van der Waals surface area (Å²) < 4.78 is 17.9. The predicted octanol–water partition coefficient (Wildman–Crippen LogP) is 4.92. The third kappa shape index (κ3) is 4.90. The number of esters is 1. The Morgan fingerprint density at radius 3 is 2.78 bits per heavy atom. The summed E-state index contributed by atoms with van der Waals surface area (Å²) in [6.45, 7) is 2.20. The first-order valence-corrected chi connectivity index (χ1v) is 10.7. The van der Waals surface area contributed by atoms with Crippen molar-refractivity contribution in [3.63, 3.8) is 0 Å². The van der Waals surface area contributed by atoms with Crippen molar-refractivity contribution < 1.29 is 18.7 Å². The molecule has 1 aromatic carbocycles. The molecule has 1 aliphatic rings. The van der Waals surface area contributed by atoms with E-state index in [1.165, 1.54) is 47.2 Å². The van der Waals surface area contributed by atoms with Crippen molar-refractivity contribution in [3.05, 3.63) is 46.1 Å². The lowest BCUT2D eigenvalue weighted by Crippen LogP contribution is -2.16. The van der Waals surface area contributed by atoms with Gasteiger partial charge in [-0.15, -0.1) is 23.1 Å². The van der Waals surface area contributed by atoms with Gasteiger partial charge in [-0.2, -0.15) is 0 Å². The Kier molecular flexibility index (Phi) is 6.55. The van der Waals surface area contributed by atoms with E-state index in [0.717, 1.165) is 29.7 Å². The Hall–Kier alpha value is -1.86.